The quantitative estimate of drug-likeness (QED) is 0.587. The molecule has 0 amide bonds. The van der Waals surface area contributed by atoms with Gasteiger partial charge in [0.15, 0.2) is 0 Å². The van der Waals surface area contributed by atoms with Crippen LogP contribution in [0.1, 0.15) is 39.1 Å². The van der Waals surface area contributed by atoms with Crippen LogP contribution in [0.5, 0.6) is 5.75 Å². The second-order valence-electron chi connectivity index (χ2n) is 5.59. The number of hydrogen-bond donors (Lipinski definition) is 0. The molecule has 0 fully saturated rings. The van der Waals surface area contributed by atoms with Crippen molar-refractivity contribution in [2.24, 2.45) is 0 Å². The van der Waals surface area contributed by atoms with E-state index in [1.807, 2.05) is 0 Å². The SMILES string of the molecule is COc1cc(C)c(Br)cc1C(Br)c1ccc2c(c1)CCC2. The van der Waals surface area contributed by atoms with Gasteiger partial charge in [0.05, 0.1) is 11.9 Å². The lowest BCUT2D eigenvalue weighted by molar-refractivity contribution is 0.410. The van der Waals surface area contributed by atoms with Gasteiger partial charge in [-0.2, -0.15) is 0 Å². The number of ether oxygens (including phenoxy) is 1. The van der Waals surface area contributed by atoms with E-state index in [1.54, 1.807) is 7.11 Å². The topological polar surface area (TPSA) is 9.23 Å². The molecule has 2 aromatic rings. The molecule has 1 aliphatic carbocycles. The largest absolute Gasteiger partial charge is 0.496 e. The van der Waals surface area contributed by atoms with E-state index in [1.165, 1.54) is 41.5 Å². The van der Waals surface area contributed by atoms with Crippen molar-refractivity contribution < 1.29 is 4.74 Å². The first-order valence-corrected chi connectivity index (χ1v) is 8.91. The van der Waals surface area contributed by atoms with Gasteiger partial charge in [0.1, 0.15) is 5.75 Å². The molecule has 1 unspecified atom stereocenters. The minimum atomic E-state index is 0.148. The molecule has 0 bridgehead atoms. The summed E-state index contributed by atoms with van der Waals surface area (Å²) in [4.78, 5) is 0.148. The molecule has 0 heterocycles. The maximum atomic E-state index is 5.57. The highest BCUT2D eigenvalue weighted by Gasteiger charge is 2.19. The van der Waals surface area contributed by atoms with Crippen LogP contribution in [-0.4, -0.2) is 7.11 Å². The van der Waals surface area contributed by atoms with Gasteiger partial charge in [-0.1, -0.05) is 50.1 Å². The minimum absolute atomic E-state index is 0.148. The first-order chi connectivity index (χ1) is 10.1. The Morgan fingerprint density at radius 2 is 1.86 bits per heavy atom. The summed E-state index contributed by atoms with van der Waals surface area (Å²) >= 11 is 7.48. The monoisotopic (exact) mass is 408 g/mol. The standard InChI is InChI=1S/C18H18Br2O/c1-11-8-17(21-2)15(10-16(11)19)18(20)14-7-6-12-4-3-5-13(12)9-14/h6-10,18H,3-5H2,1-2H3. The number of benzene rings is 2. The maximum Gasteiger partial charge on any atom is 0.123 e. The Balaban J connectivity index is 2.02. The zero-order valence-corrected chi connectivity index (χ0v) is 15.4. The van der Waals surface area contributed by atoms with Crippen molar-refractivity contribution in [1.82, 2.24) is 0 Å². The maximum absolute atomic E-state index is 5.57. The van der Waals surface area contributed by atoms with Crippen LogP contribution < -0.4 is 4.74 Å². The average Bonchev–Trinajstić information content (AvgIpc) is 2.96. The lowest BCUT2D eigenvalue weighted by Gasteiger charge is -2.17. The van der Waals surface area contributed by atoms with Crippen molar-refractivity contribution in [3.63, 3.8) is 0 Å². The number of hydrogen-bond acceptors (Lipinski definition) is 1. The Morgan fingerprint density at radius 1 is 1.10 bits per heavy atom. The number of halogens is 2. The second kappa shape index (κ2) is 6.13. The van der Waals surface area contributed by atoms with Gasteiger partial charge in [0, 0.05) is 10.0 Å². The fraction of sp³-hybridized carbons (Fsp3) is 0.333. The molecule has 3 heteroatoms. The van der Waals surface area contributed by atoms with Gasteiger partial charge in [0.2, 0.25) is 0 Å². The number of alkyl halides is 1. The first kappa shape index (κ1) is 15.1. The summed E-state index contributed by atoms with van der Waals surface area (Å²) in [6, 6.07) is 11.1. The van der Waals surface area contributed by atoms with Crippen molar-refractivity contribution in [3.05, 3.63) is 62.6 Å². The van der Waals surface area contributed by atoms with E-state index < -0.39 is 0 Å². The van der Waals surface area contributed by atoms with Crippen LogP contribution in [0.4, 0.5) is 0 Å². The molecule has 0 saturated carbocycles. The van der Waals surface area contributed by atoms with Crippen molar-refractivity contribution in [2.45, 2.75) is 31.0 Å². The van der Waals surface area contributed by atoms with Crippen molar-refractivity contribution in [1.29, 1.82) is 0 Å². The van der Waals surface area contributed by atoms with Gasteiger partial charge >= 0.3 is 0 Å². The molecule has 2 aromatic carbocycles. The van der Waals surface area contributed by atoms with Gasteiger partial charge in [-0.25, -0.2) is 0 Å². The summed E-state index contributed by atoms with van der Waals surface area (Å²) in [6.07, 6.45) is 3.71. The van der Waals surface area contributed by atoms with Crippen LogP contribution in [-0.2, 0) is 12.8 Å². The molecule has 1 atom stereocenters. The van der Waals surface area contributed by atoms with E-state index in [9.17, 15) is 0 Å². The fourth-order valence-corrected chi connectivity index (χ4v) is 3.98. The van der Waals surface area contributed by atoms with Crippen LogP contribution in [0.25, 0.3) is 0 Å². The first-order valence-electron chi connectivity index (χ1n) is 7.20. The summed E-state index contributed by atoms with van der Waals surface area (Å²) in [5, 5.41) is 0. The molecule has 0 aromatic heterocycles. The molecule has 0 N–H and O–H groups in total. The normalized spacial score (nSPS) is 14.9. The van der Waals surface area contributed by atoms with E-state index in [-0.39, 0.29) is 4.83 Å². The van der Waals surface area contributed by atoms with Gasteiger partial charge in [0.25, 0.3) is 0 Å². The third-order valence-corrected chi connectivity index (χ3v) is 6.08. The highest BCUT2D eigenvalue weighted by atomic mass is 79.9. The smallest absolute Gasteiger partial charge is 0.123 e. The van der Waals surface area contributed by atoms with Crippen LogP contribution >= 0.6 is 31.9 Å². The highest BCUT2D eigenvalue weighted by Crippen LogP contribution is 2.40. The van der Waals surface area contributed by atoms with Gasteiger partial charge in [-0.3, -0.25) is 0 Å². The highest BCUT2D eigenvalue weighted by molar-refractivity contribution is 9.10. The average molecular weight is 410 g/mol. The molecule has 1 nitrogen and oxygen atoms in total. The van der Waals surface area contributed by atoms with Crippen LogP contribution in [0.3, 0.4) is 0 Å². The number of methoxy groups -OCH3 is 1. The third-order valence-electron chi connectivity index (χ3n) is 4.20. The number of aryl methyl sites for hydroxylation is 3. The molecule has 0 saturated heterocycles. The van der Waals surface area contributed by atoms with Crippen molar-refractivity contribution in [3.8, 4) is 5.75 Å². The molecular weight excluding hydrogens is 392 g/mol. The Hall–Kier alpha value is -0.800. The Morgan fingerprint density at radius 3 is 2.62 bits per heavy atom. The van der Waals surface area contributed by atoms with E-state index in [2.05, 4.69) is 69.1 Å². The Bertz CT molecular complexity index is 679. The van der Waals surface area contributed by atoms with Gasteiger partial charge < -0.3 is 4.74 Å². The Labute approximate surface area is 143 Å². The number of fused-ring (bicyclic) bond motifs is 1. The van der Waals surface area contributed by atoms with Crippen LogP contribution in [0.2, 0.25) is 0 Å². The van der Waals surface area contributed by atoms with Gasteiger partial charge in [-0.05, 0) is 60.6 Å². The van der Waals surface area contributed by atoms with Gasteiger partial charge in [-0.15, -0.1) is 0 Å². The molecule has 0 aliphatic heterocycles. The number of rotatable bonds is 3. The molecule has 1 aliphatic rings. The summed E-state index contributed by atoms with van der Waals surface area (Å²) in [6.45, 7) is 2.08. The third kappa shape index (κ3) is 2.91. The minimum Gasteiger partial charge on any atom is -0.496 e. The second-order valence-corrected chi connectivity index (χ2v) is 7.36. The van der Waals surface area contributed by atoms with Crippen LogP contribution in [0.15, 0.2) is 34.8 Å². The molecule has 21 heavy (non-hydrogen) atoms. The summed E-state index contributed by atoms with van der Waals surface area (Å²) in [5.41, 5.74) is 6.65. The molecule has 3 rings (SSSR count). The molecule has 0 spiro atoms. The Kier molecular flexibility index (Phi) is 4.41. The predicted octanol–water partition coefficient (Wildman–Crippen LogP) is 5.74. The van der Waals surface area contributed by atoms with E-state index >= 15 is 0 Å². The molecular formula is C18H18Br2O. The summed E-state index contributed by atoms with van der Waals surface area (Å²) in [5.74, 6) is 0.929. The summed E-state index contributed by atoms with van der Waals surface area (Å²) < 4.78 is 6.68. The van der Waals surface area contributed by atoms with Crippen molar-refractivity contribution >= 4 is 31.9 Å². The zero-order chi connectivity index (χ0) is 15.0. The van der Waals surface area contributed by atoms with E-state index in [0.29, 0.717) is 0 Å². The fourth-order valence-electron chi connectivity index (χ4n) is 2.97. The van der Waals surface area contributed by atoms with E-state index in [4.69, 9.17) is 4.74 Å². The summed E-state index contributed by atoms with van der Waals surface area (Å²) in [7, 11) is 1.73. The van der Waals surface area contributed by atoms with Crippen LogP contribution in [0, 0.1) is 6.92 Å². The van der Waals surface area contributed by atoms with E-state index in [0.717, 1.165) is 15.8 Å². The zero-order valence-electron chi connectivity index (χ0n) is 12.2. The molecule has 0 radical (unpaired) electrons. The van der Waals surface area contributed by atoms with Crippen molar-refractivity contribution in [2.75, 3.05) is 7.11 Å². The lowest BCUT2D eigenvalue weighted by Crippen LogP contribution is -1.99. The lowest BCUT2D eigenvalue weighted by atomic mass is 9.99. The molecule has 110 valence electrons. The predicted molar refractivity (Wildman–Crippen MR) is 94.7 cm³/mol.